The van der Waals surface area contributed by atoms with Gasteiger partial charge in [0.1, 0.15) is 0 Å². The first-order valence-corrected chi connectivity index (χ1v) is 10.4. The van der Waals surface area contributed by atoms with E-state index in [4.69, 9.17) is 21.3 Å². The second kappa shape index (κ2) is 9.10. The molecule has 0 fully saturated rings. The molecule has 0 amide bonds. The molecule has 31 heavy (non-hydrogen) atoms. The largest absolute Gasteiger partial charge is 0.463 e. The maximum absolute atomic E-state index is 12.1. The van der Waals surface area contributed by atoms with Gasteiger partial charge in [0.15, 0.2) is 5.65 Å². The summed E-state index contributed by atoms with van der Waals surface area (Å²) in [6.07, 6.45) is 8.29. The summed E-state index contributed by atoms with van der Waals surface area (Å²) in [4.78, 5) is 21.3. The average molecular weight is 433 g/mol. The fraction of sp³-hybridized carbons (Fsp3) is 0.167. The topological polar surface area (TPSA) is 69.9 Å². The Kier molecular flexibility index (Phi) is 6.09. The van der Waals surface area contributed by atoms with Crippen molar-refractivity contribution in [1.29, 1.82) is 0 Å². The van der Waals surface area contributed by atoms with Gasteiger partial charge in [0, 0.05) is 52.7 Å². The van der Waals surface area contributed by atoms with Crippen molar-refractivity contribution in [3.8, 4) is 22.4 Å². The first-order chi connectivity index (χ1) is 15.1. The third-order valence-corrected chi connectivity index (χ3v) is 5.04. The molecule has 0 aliphatic heterocycles. The molecule has 0 bridgehead atoms. The summed E-state index contributed by atoms with van der Waals surface area (Å²) in [5.74, 6) is -0.416. The van der Waals surface area contributed by atoms with E-state index in [0.29, 0.717) is 18.2 Å². The molecule has 1 aromatic carbocycles. The molecule has 0 saturated carbocycles. The zero-order valence-electron chi connectivity index (χ0n) is 17.2. The van der Waals surface area contributed by atoms with Crippen LogP contribution in [0.4, 0.5) is 0 Å². The lowest BCUT2D eigenvalue weighted by Crippen LogP contribution is -2.02. The number of esters is 1. The lowest BCUT2D eigenvalue weighted by Gasteiger charge is -2.14. The van der Waals surface area contributed by atoms with E-state index < -0.39 is 5.97 Å². The number of fused-ring (bicyclic) bond motifs is 1. The lowest BCUT2D eigenvalue weighted by atomic mass is 9.94. The summed E-state index contributed by atoms with van der Waals surface area (Å²) in [5.41, 5.74) is 4.86. The SMILES string of the molecule is CCOC(=O)C=Cc1c(-c2ccccc2)nc2c(cnn2CC)c1-c1cncc(Cl)c1. The minimum absolute atomic E-state index is 0.306. The molecule has 0 N–H and O–H groups in total. The molecule has 0 radical (unpaired) electrons. The van der Waals surface area contributed by atoms with E-state index in [1.807, 2.05) is 48.0 Å². The molecule has 3 aromatic heterocycles. The van der Waals surface area contributed by atoms with Gasteiger partial charge in [0.2, 0.25) is 0 Å². The van der Waals surface area contributed by atoms with E-state index in [-0.39, 0.29) is 0 Å². The zero-order chi connectivity index (χ0) is 21.8. The Morgan fingerprint density at radius 2 is 1.94 bits per heavy atom. The van der Waals surface area contributed by atoms with Gasteiger partial charge in [-0.3, -0.25) is 4.98 Å². The Labute approximate surface area is 185 Å². The quantitative estimate of drug-likeness (QED) is 0.301. The minimum Gasteiger partial charge on any atom is -0.463 e. The lowest BCUT2D eigenvalue weighted by molar-refractivity contribution is -0.137. The molecule has 4 aromatic rings. The maximum Gasteiger partial charge on any atom is 0.330 e. The van der Waals surface area contributed by atoms with Gasteiger partial charge in [-0.15, -0.1) is 0 Å². The van der Waals surface area contributed by atoms with Crippen molar-refractivity contribution in [2.24, 2.45) is 0 Å². The molecule has 3 heterocycles. The normalized spacial score (nSPS) is 11.3. The molecule has 7 heteroatoms. The summed E-state index contributed by atoms with van der Waals surface area (Å²) >= 11 is 6.27. The summed E-state index contributed by atoms with van der Waals surface area (Å²) < 4.78 is 6.94. The van der Waals surface area contributed by atoms with Crippen LogP contribution in [0.3, 0.4) is 0 Å². The van der Waals surface area contributed by atoms with Gasteiger partial charge in [-0.25, -0.2) is 14.5 Å². The summed E-state index contributed by atoms with van der Waals surface area (Å²) in [5, 5.41) is 5.88. The molecule has 0 saturated heterocycles. The van der Waals surface area contributed by atoms with Crippen LogP contribution in [0, 0.1) is 0 Å². The fourth-order valence-electron chi connectivity index (χ4n) is 3.51. The number of hydrogen-bond acceptors (Lipinski definition) is 5. The average Bonchev–Trinajstić information content (AvgIpc) is 3.20. The molecular formula is C24H21ClN4O2. The van der Waals surface area contributed by atoms with E-state index in [9.17, 15) is 4.79 Å². The first kappa shape index (κ1) is 20.8. The number of nitrogens with zero attached hydrogens (tertiary/aromatic N) is 4. The number of rotatable bonds is 6. The zero-order valence-corrected chi connectivity index (χ0v) is 18.0. The number of ether oxygens (including phenoxy) is 1. The van der Waals surface area contributed by atoms with Gasteiger partial charge in [-0.1, -0.05) is 41.9 Å². The highest BCUT2D eigenvalue weighted by molar-refractivity contribution is 6.30. The Bertz CT molecular complexity index is 1270. The number of benzene rings is 1. The van der Waals surface area contributed by atoms with E-state index in [2.05, 4.69) is 10.1 Å². The third kappa shape index (κ3) is 4.20. The Balaban J connectivity index is 2.08. The summed E-state index contributed by atoms with van der Waals surface area (Å²) in [6.45, 7) is 4.78. The molecule has 6 nitrogen and oxygen atoms in total. The standard InChI is InChI=1S/C24H21ClN4O2/c1-3-29-24-20(15-27-29)22(17-12-18(25)14-26-13-17)19(10-11-21(30)31-4-2)23(28-24)16-8-6-5-7-9-16/h5-15H,3-4H2,1-2H3. The van der Waals surface area contributed by atoms with Crippen molar-refractivity contribution in [2.75, 3.05) is 6.61 Å². The number of aryl methyl sites for hydroxylation is 1. The monoisotopic (exact) mass is 432 g/mol. The smallest absolute Gasteiger partial charge is 0.330 e. The number of hydrogen-bond donors (Lipinski definition) is 0. The minimum atomic E-state index is -0.416. The summed E-state index contributed by atoms with van der Waals surface area (Å²) in [6, 6.07) is 11.7. The van der Waals surface area contributed by atoms with Crippen LogP contribution >= 0.6 is 11.6 Å². The van der Waals surface area contributed by atoms with Gasteiger partial charge in [-0.2, -0.15) is 5.10 Å². The van der Waals surface area contributed by atoms with Crippen LogP contribution in [0.15, 0.2) is 61.1 Å². The maximum atomic E-state index is 12.1. The van der Waals surface area contributed by atoms with Gasteiger partial charge >= 0.3 is 5.97 Å². The molecule has 0 atom stereocenters. The highest BCUT2D eigenvalue weighted by atomic mass is 35.5. The Morgan fingerprint density at radius 1 is 1.13 bits per heavy atom. The van der Waals surface area contributed by atoms with Gasteiger partial charge < -0.3 is 4.74 Å². The predicted molar refractivity (Wildman–Crippen MR) is 123 cm³/mol. The van der Waals surface area contributed by atoms with Crippen molar-refractivity contribution in [3.63, 3.8) is 0 Å². The van der Waals surface area contributed by atoms with Crippen LogP contribution in [0.1, 0.15) is 19.4 Å². The number of carbonyl (C=O) groups excluding carboxylic acids is 1. The molecule has 4 rings (SSSR count). The van der Waals surface area contributed by atoms with Crippen molar-refractivity contribution in [1.82, 2.24) is 19.7 Å². The number of halogens is 1. The number of pyridine rings is 2. The van der Waals surface area contributed by atoms with E-state index >= 15 is 0 Å². The van der Waals surface area contributed by atoms with Crippen molar-refractivity contribution < 1.29 is 9.53 Å². The van der Waals surface area contributed by atoms with Crippen molar-refractivity contribution in [2.45, 2.75) is 20.4 Å². The van der Waals surface area contributed by atoms with E-state index in [1.165, 1.54) is 6.08 Å². The van der Waals surface area contributed by atoms with Crippen LogP contribution in [-0.2, 0) is 16.1 Å². The first-order valence-electron chi connectivity index (χ1n) is 10.0. The Morgan fingerprint density at radius 3 is 2.65 bits per heavy atom. The molecule has 0 aliphatic rings. The predicted octanol–water partition coefficient (Wildman–Crippen LogP) is 5.41. The second-order valence-corrected chi connectivity index (χ2v) is 7.23. The van der Waals surface area contributed by atoms with Crippen LogP contribution in [0.5, 0.6) is 0 Å². The van der Waals surface area contributed by atoms with Gasteiger partial charge in [0.05, 0.1) is 23.5 Å². The van der Waals surface area contributed by atoms with Crippen LogP contribution in [0.2, 0.25) is 5.02 Å². The van der Waals surface area contributed by atoms with E-state index in [0.717, 1.165) is 39.0 Å². The van der Waals surface area contributed by atoms with Gasteiger partial charge in [-0.05, 0) is 26.0 Å². The molecular weight excluding hydrogens is 412 g/mol. The third-order valence-electron chi connectivity index (χ3n) is 4.84. The van der Waals surface area contributed by atoms with Crippen LogP contribution < -0.4 is 0 Å². The second-order valence-electron chi connectivity index (χ2n) is 6.79. The molecule has 0 spiro atoms. The summed E-state index contributed by atoms with van der Waals surface area (Å²) in [7, 11) is 0. The van der Waals surface area contributed by atoms with Gasteiger partial charge in [0.25, 0.3) is 0 Å². The number of aromatic nitrogens is 4. The number of carbonyl (C=O) groups is 1. The highest BCUT2D eigenvalue weighted by Crippen LogP contribution is 2.38. The molecule has 156 valence electrons. The van der Waals surface area contributed by atoms with Crippen LogP contribution in [0.25, 0.3) is 39.5 Å². The van der Waals surface area contributed by atoms with E-state index in [1.54, 1.807) is 31.6 Å². The fourth-order valence-corrected chi connectivity index (χ4v) is 3.69. The van der Waals surface area contributed by atoms with Crippen molar-refractivity contribution in [3.05, 3.63) is 71.7 Å². The highest BCUT2D eigenvalue weighted by Gasteiger charge is 2.20. The van der Waals surface area contributed by atoms with Crippen LogP contribution in [-0.4, -0.2) is 32.3 Å². The Hall–Kier alpha value is -3.51. The molecule has 0 aliphatic carbocycles. The van der Waals surface area contributed by atoms with Crippen molar-refractivity contribution >= 4 is 34.7 Å². The molecule has 0 unspecified atom stereocenters.